The summed E-state index contributed by atoms with van der Waals surface area (Å²) in [6, 6.07) is 0.441. The van der Waals surface area contributed by atoms with E-state index in [0.717, 1.165) is 0 Å². The second-order valence-electron chi connectivity index (χ2n) is 4.06. The summed E-state index contributed by atoms with van der Waals surface area (Å²) >= 11 is 0. The number of hydrogen-bond acceptors (Lipinski definition) is 2. The third kappa shape index (κ3) is 3.22. The van der Waals surface area contributed by atoms with E-state index in [-0.39, 0.29) is 5.56 Å². The van der Waals surface area contributed by atoms with Gasteiger partial charge in [0, 0.05) is 18.0 Å². The summed E-state index contributed by atoms with van der Waals surface area (Å²) in [5, 5.41) is 8.76. The summed E-state index contributed by atoms with van der Waals surface area (Å²) in [6.07, 6.45) is -0.0343. The Morgan fingerprint density at radius 1 is 1.28 bits per heavy atom. The number of benzene rings is 1. The number of rotatable bonds is 5. The Labute approximate surface area is 102 Å². The Morgan fingerprint density at radius 2 is 1.83 bits per heavy atom. The molecule has 3 N–H and O–H groups in total. The highest BCUT2D eigenvalue weighted by molar-refractivity contribution is 5.68. The van der Waals surface area contributed by atoms with Crippen LogP contribution in [0.15, 0.2) is 12.1 Å². The quantitative estimate of drug-likeness (QED) is 0.800. The van der Waals surface area contributed by atoms with Crippen LogP contribution < -0.4 is 5.73 Å². The first-order valence-corrected chi connectivity index (χ1v) is 5.48. The Bertz CT molecular complexity index is 451. The second kappa shape index (κ2) is 5.86. The maximum Gasteiger partial charge on any atom is 0.304 e. The zero-order valence-electron chi connectivity index (χ0n) is 9.79. The van der Waals surface area contributed by atoms with Gasteiger partial charge in [0.15, 0.2) is 11.6 Å². The van der Waals surface area contributed by atoms with E-state index in [1.54, 1.807) is 6.92 Å². The van der Waals surface area contributed by atoms with Crippen molar-refractivity contribution in [2.24, 2.45) is 5.73 Å². The number of carbonyl (C=O) groups is 1. The molecule has 0 spiro atoms. The minimum absolute atomic E-state index is 0.203. The van der Waals surface area contributed by atoms with Gasteiger partial charge in [-0.3, -0.25) is 4.79 Å². The van der Waals surface area contributed by atoms with E-state index in [1.807, 2.05) is 0 Å². The van der Waals surface area contributed by atoms with E-state index in [2.05, 4.69) is 0 Å². The molecule has 0 fully saturated rings. The number of carboxylic acid groups (broad SMARTS) is 1. The first kappa shape index (κ1) is 14.5. The molecule has 0 aromatic heterocycles. The Balaban J connectivity index is 3.19. The summed E-state index contributed by atoms with van der Waals surface area (Å²) in [7, 11) is 0. The van der Waals surface area contributed by atoms with Crippen LogP contribution in [-0.4, -0.2) is 17.1 Å². The van der Waals surface area contributed by atoms with Crippen molar-refractivity contribution in [1.82, 2.24) is 0 Å². The molecule has 1 aromatic rings. The second-order valence-corrected chi connectivity index (χ2v) is 4.06. The molecular formula is C12H14F3NO2. The van der Waals surface area contributed by atoms with Crippen LogP contribution in [0.3, 0.4) is 0 Å². The molecule has 1 aromatic carbocycles. The van der Waals surface area contributed by atoms with Crippen LogP contribution >= 0.6 is 0 Å². The molecule has 0 heterocycles. The van der Waals surface area contributed by atoms with Gasteiger partial charge in [0.05, 0.1) is 6.42 Å². The minimum Gasteiger partial charge on any atom is -0.481 e. The van der Waals surface area contributed by atoms with Crippen LogP contribution in [-0.2, 0) is 4.79 Å². The predicted octanol–water partition coefficient (Wildman–Crippen LogP) is 2.40. The Morgan fingerprint density at radius 3 is 2.33 bits per heavy atom. The number of aliphatic carboxylic acids is 1. The largest absolute Gasteiger partial charge is 0.481 e. The van der Waals surface area contributed by atoms with Crippen LogP contribution in [0.5, 0.6) is 0 Å². The average Bonchev–Trinajstić information content (AvgIpc) is 2.30. The molecule has 1 rings (SSSR count). The van der Waals surface area contributed by atoms with Gasteiger partial charge < -0.3 is 10.8 Å². The first-order chi connectivity index (χ1) is 8.36. The van der Waals surface area contributed by atoms with E-state index in [1.165, 1.54) is 0 Å². The number of halogens is 3. The fourth-order valence-corrected chi connectivity index (χ4v) is 1.79. The van der Waals surface area contributed by atoms with Crippen molar-refractivity contribution in [1.29, 1.82) is 0 Å². The van der Waals surface area contributed by atoms with Gasteiger partial charge in [0.2, 0.25) is 0 Å². The lowest BCUT2D eigenvalue weighted by atomic mass is 9.87. The Hall–Kier alpha value is -1.56. The third-order valence-electron chi connectivity index (χ3n) is 2.82. The van der Waals surface area contributed by atoms with Gasteiger partial charge in [-0.05, 0) is 18.1 Å². The molecule has 0 aliphatic heterocycles. The van der Waals surface area contributed by atoms with Crippen molar-refractivity contribution < 1.29 is 23.1 Å². The van der Waals surface area contributed by atoms with Crippen molar-refractivity contribution in [2.75, 3.05) is 0 Å². The SMILES string of the molecule is CCC(N)C(CC(=O)O)c1cc(F)c(F)cc1F. The van der Waals surface area contributed by atoms with Crippen LogP contribution in [0, 0.1) is 17.5 Å². The predicted molar refractivity (Wildman–Crippen MR) is 59.6 cm³/mol. The van der Waals surface area contributed by atoms with Gasteiger partial charge in [-0.15, -0.1) is 0 Å². The van der Waals surface area contributed by atoms with Gasteiger partial charge in [-0.2, -0.15) is 0 Å². The maximum absolute atomic E-state index is 13.6. The molecule has 0 saturated heterocycles. The monoisotopic (exact) mass is 261 g/mol. The molecule has 2 unspecified atom stereocenters. The van der Waals surface area contributed by atoms with Crippen molar-refractivity contribution in [3.05, 3.63) is 35.1 Å². The fraction of sp³-hybridized carbons (Fsp3) is 0.417. The molecule has 3 nitrogen and oxygen atoms in total. The summed E-state index contributed by atoms with van der Waals surface area (Å²) in [4.78, 5) is 10.7. The highest BCUT2D eigenvalue weighted by Gasteiger charge is 2.26. The van der Waals surface area contributed by atoms with E-state index in [0.29, 0.717) is 18.6 Å². The van der Waals surface area contributed by atoms with Crippen molar-refractivity contribution in [3.63, 3.8) is 0 Å². The lowest BCUT2D eigenvalue weighted by molar-refractivity contribution is -0.137. The molecule has 0 saturated carbocycles. The van der Waals surface area contributed by atoms with E-state index in [9.17, 15) is 18.0 Å². The molecule has 18 heavy (non-hydrogen) atoms. The molecule has 6 heteroatoms. The number of carboxylic acids is 1. The van der Waals surface area contributed by atoms with Crippen molar-refractivity contribution in [3.8, 4) is 0 Å². The molecule has 2 atom stereocenters. The number of hydrogen-bond donors (Lipinski definition) is 2. The highest BCUT2D eigenvalue weighted by atomic mass is 19.2. The van der Waals surface area contributed by atoms with Crippen molar-refractivity contribution >= 4 is 5.97 Å². The van der Waals surface area contributed by atoms with Gasteiger partial charge in [-0.1, -0.05) is 6.92 Å². The molecular weight excluding hydrogens is 247 g/mol. The summed E-state index contributed by atoms with van der Waals surface area (Å²) in [5.74, 6) is -5.57. The molecule has 0 bridgehead atoms. The van der Waals surface area contributed by atoms with E-state index in [4.69, 9.17) is 10.8 Å². The zero-order valence-corrected chi connectivity index (χ0v) is 9.79. The van der Waals surface area contributed by atoms with E-state index >= 15 is 0 Å². The van der Waals surface area contributed by atoms with Crippen LogP contribution in [0.2, 0.25) is 0 Å². The smallest absolute Gasteiger partial charge is 0.304 e. The topological polar surface area (TPSA) is 63.3 Å². The van der Waals surface area contributed by atoms with Crippen LogP contribution in [0.1, 0.15) is 31.2 Å². The van der Waals surface area contributed by atoms with Gasteiger partial charge >= 0.3 is 5.97 Å². The van der Waals surface area contributed by atoms with Crippen LogP contribution in [0.25, 0.3) is 0 Å². The first-order valence-electron chi connectivity index (χ1n) is 5.48. The standard InChI is InChI=1S/C12H14F3NO2/c1-2-11(16)7(4-12(17)18)6-3-9(14)10(15)5-8(6)13/h3,5,7,11H,2,4,16H2,1H3,(H,17,18). The maximum atomic E-state index is 13.6. The Kier molecular flexibility index (Phi) is 4.72. The van der Waals surface area contributed by atoms with Gasteiger partial charge in [0.1, 0.15) is 5.82 Å². The molecule has 0 amide bonds. The van der Waals surface area contributed by atoms with Gasteiger partial charge in [-0.25, -0.2) is 13.2 Å². The van der Waals surface area contributed by atoms with Crippen LogP contribution in [0.4, 0.5) is 13.2 Å². The summed E-state index contributed by atoms with van der Waals surface area (Å²) in [5.41, 5.74) is 5.51. The third-order valence-corrected chi connectivity index (χ3v) is 2.82. The van der Waals surface area contributed by atoms with E-state index < -0.39 is 41.8 Å². The fourth-order valence-electron chi connectivity index (χ4n) is 1.79. The van der Waals surface area contributed by atoms with Crippen molar-refractivity contribution in [2.45, 2.75) is 31.7 Å². The highest BCUT2D eigenvalue weighted by Crippen LogP contribution is 2.28. The van der Waals surface area contributed by atoms with Gasteiger partial charge in [0.25, 0.3) is 0 Å². The molecule has 0 aliphatic rings. The lowest BCUT2D eigenvalue weighted by Crippen LogP contribution is -2.30. The lowest BCUT2D eigenvalue weighted by Gasteiger charge is -2.22. The average molecular weight is 261 g/mol. The number of nitrogens with two attached hydrogens (primary N) is 1. The molecule has 0 radical (unpaired) electrons. The minimum atomic E-state index is -1.31. The summed E-state index contributed by atoms with van der Waals surface area (Å²) < 4.78 is 39.5. The molecule has 100 valence electrons. The zero-order chi connectivity index (χ0) is 13.9. The molecule has 0 aliphatic carbocycles. The normalized spacial score (nSPS) is 14.3. The summed E-state index contributed by atoms with van der Waals surface area (Å²) in [6.45, 7) is 1.71.